The molecule has 0 aliphatic rings. The predicted octanol–water partition coefficient (Wildman–Crippen LogP) is 2.30. The summed E-state index contributed by atoms with van der Waals surface area (Å²) < 4.78 is 5.09. The fourth-order valence-electron chi connectivity index (χ4n) is 1.93. The number of guanidine groups is 1. The minimum absolute atomic E-state index is 0.645. The van der Waals surface area contributed by atoms with Crippen LogP contribution in [0.3, 0.4) is 0 Å². The molecule has 2 rings (SSSR count). The highest BCUT2D eigenvalue weighted by Crippen LogP contribution is 2.17. The summed E-state index contributed by atoms with van der Waals surface area (Å²) in [5.41, 5.74) is 0. The van der Waals surface area contributed by atoms with Gasteiger partial charge >= 0.3 is 0 Å². The van der Waals surface area contributed by atoms with Gasteiger partial charge < -0.3 is 15.2 Å². The quantitative estimate of drug-likeness (QED) is 0.604. The molecule has 22 heavy (non-hydrogen) atoms. The molecule has 0 aliphatic carbocycles. The Hall–Kier alpha value is -1.89. The number of hydrogen-bond acceptors (Lipinski definition) is 5. The largest absolute Gasteiger partial charge is 0.357 e. The van der Waals surface area contributed by atoms with Gasteiger partial charge in [-0.25, -0.2) is 4.99 Å². The summed E-state index contributed by atoms with van der Waals surface area (Å²) in [6.45, 7) is 8.27. The maximum atomic E-state index is 5.09. The van der Waals surface area contributed by atoms with Crippen molar-refractivity contribution in [2.75, 3.05) is 13.1 Å². The summed E-state index contributed by atoms with van der Waals surface area (Å²) in [4.78, 5) is 11.5. The SMILES string of the molecule is CCNC(=NCc1ccc(CC)s1)NCCc1nc(C)no1. The Morgan fingerprint density at radius 2 is 2.09 bits per heavy atom. The van der Waals surface area contributed by atoms with E-state index < -0.39 is 0 Å². The zero-order chi connectivity index (χ0) is 15.8. The third kappa shape index (κ3) is 5.14. The molecule has 0 bridgehead atoms. The van der Waals surface area contributed by atoms with Gasteiger partial charge in [0.2, 0.25) is 5.89 Å². The van der Waals surface area contributed by atoms with Gasteiger partial charge in [0.15, 0.2) is 11.8 Å². The topological polar surface area (TPSA) is 75.3 Å². The molecule has 2 aromatic rings. The van der Waals surface area contributed by atoms with Crippen LogP contribution in [0.15, 0.2) is 21.6 Å². The number of thiophene rings is 1. The summed E-state index contributed by atoms with van der Waals surface area (Å²) in [5.74, 6) is 2.12. The number of aliphatic imine (C=N–C) groups is 1. The molecule has 6 nitrogen and oxygen atoms in total. The molecular formula is C15H23N5OS. The van der Waals surface area contributed by atoms with Crippen molar-refractivity contribution in [3.05, 3.63) is 33.6 Å². The molecule has 120 valence electrons. The van der Waals surface area contributed by atoms with E-state index in [2.05, 4.69) is 51.7 Å². The summed E-state index contributed by atoms with van der Waals surface area (Å²) >= 11 is 1.82. The number of nitrogens with one attached hydrogen (secondary N) is 2. The molecule has 0 radical (unpaired) electrons. The predicted molar refractivity (Wildman–Crippen MR) is 89.3 cm³/mol. The van der Waals surface area contributed by atoms with Gasteiger partial charge in [0.25, 0.3) is 0 Å². The molecule has 0 amide bonds. The Labute approximate surface area is 135 Å². The molecule has 0 spiro atoms. The average molecular weight is 321 g/mol. The van der Waals surface area contributed by atoms with Gasteiger partial charge in [-0.05, 0) is 32.4 Å². The minimum Gasteiger partial charge on any atom is -0.357 e. The van der Waals surface area contributed by atoms with Crippen molar-refractivity contribution in [2.24, 2.45) is 4.99 Å². The van der Waals surface area contributed by atoms with Crippen LogP contribution >= 0.6 is 11.3 Å². The minimum atomic E-state index is 0.645. The van der Waals surface area contributed by atoms with Crippen LogP contribution in [0.25, 0.3) is 0 Å². The summed E-state index contributed by atoms with van der Waals surface area (Å²) in [6, 6.07) is 4.32. The number of hydrogen-bond donors (Lipinski definition) is 2. The van der Waals surface area contributed by atoms with Crippen LogP contribution in [-0.4, -0.2) is 29.2 Å². The van der Waals surface area contributed by atoms with E-state index in [0.29, 0.717) is 31.2 Å². The van der Waals surface area contributed by atoms with Crippen molar-refractivity contribution < 1.29 is 4.52 Å². The van der Waals surface area contributed by atoms with E-state index in [-0.39, 0.29) is 0 Å². The maximum absolute atomic E-state index is 5.09. The molecule has 0 fully saturated rings. The molecule has 2 N–H and O–H groups in total. The smallest absolute Gasteiger partial charge is 0.228 e. The van der Waals surface area contributed by atoms with Crippen LogP contribution < -0.4 is 10.6 Å². The lowest BCUT2D eigenvalue weighted by atomic mass is 10.4. The molecule has 2 heterocycles. The first-order chi connectivity index (χ1) is 10.7. The van der Waals surface area contributed by atoms with Crippen LogP contribution in [0.5, 0.6) is 0 Å². The van der Waals surface area contributed by atoms with Gasteiger partial charge in [0.05, 0.1) is 6.54 Å². The van der Waals surface area contributed by atoms with Crippen molar-refractivity contribution in [1.29, 1.82) is 0 Å². The summed E-state index contributed by atoms with van der Waals surface area (Å²) in [5, 5.41) is 10.3. The molecule has 7 heteroatoms. The molecular weight excluding hydrogens is 298 g/mol. The van der Waals surface area contributed by atoms with Crippen molar-refractivity contribution in [2.45, 2.75) is 40.2 Å². The van der Waals surface area contributed by atoms with Crippen molar-refractivity contribution in [3.8, 4) is 0 Å². The van der Waals surface area contributed by atoms with E-state index in [4.69, 9.17) is 4.52 Å². The Kier molecular flexibility index (Phi) is 6.39. The van der Waals surface area contributed by atoms with E-state index in [9.17, 15) is 0 Å². The second-order valence-electron chi connectivity index (χ2n) is 4.83. The Balaban J connectivity index is 1.83. The van der Waals surface area contributed by atoms with E-state index >= 15 is 0 Å². The number of nitrogens with zero attached hydrogens (tertiary/aromatic N) is 3. The highest BCUT2D eigenvalue weighted by atomic mass is 32.1. The molecule has 0 atom stereocenters. The number of aromatic nitrogens is 2. The molecule has 0 aromatic carbocycles. The lowest BCUT2D eigenvalue weighted by Gasteiger charge is -2.09. The number of aryl methyl sites for hydroxylation is 2. The maximum Gasteiger partial charge on any atom is 0.228 e. The first-order valence-electron chi connectivity index (χ1n) is 7.60. The normalized spacial score (nSPS) is 11.7. The van der Waals surface area contributed by atoms with Crippen LogP contribution in [0, 0.1) is 6.92 Å². The van der Waals surface area contributed by atoms with Crippen LogP contribution in [0.1, 0.15) is 35.3 Å². The van der Waals surface area contributed by atoms with Gasteiger partial charge in [-0.2, -0.15) is 4.98 Å². The van der Waals surface area contributed by atoms with Crippen LogP contribution in [0.2, 0.25) is 0 Å². The fourth-order valence-corrected chi connectivity index (χ4v) is 2.81. The fraction of sp³-hybridized carbons (Fsp3) is 0.533. The van der Waals surface area contributed by atoms with Crippen LogP contribution in [-0.2, 0) is 19.4 Å². The highest BCUT2D eigenvalue weighted by molar-refractivity contribution is 7.11. The zero-order valence-electron chi connectivity index (χ0n) is 13.3. The third-order valence-electron chi connectivity index (χ3n) is 3.00. The highest BCUT2D eigenvalue weighted by Gasteiger charge is 2.04. The lowest BCUT2D eigenvalue weighted by Crippen LogP contribution is -2.38. The first kappa shape index (κ1) is 16.5. The molecule has 0 saturated carbocycles. The Morgan fingerprint density at radius 3 is 2.73 bits per heavy atom. The van der Waals surface area contributed by atoms with Crippen molar-refractivity contribution in [1.82, 2.24) is 20.8 Å². The summed E-state index contributed by atoms with van der Waals surface area (Å²) in [6.07, 6.45) is 1.76. The number of rotatable bonds is 7. The van der Waals surface area contributed by atoms with E-state index in [0.717, 1.165) is 18.9 Å². The van der Waals surface area contributed by atoms with E-state index in [1.165, 1.54) is 9.75 Å². The van der Waals surface area contributed by atoms with Gasteiger partial charge in [-0.15, -0.1) is 11.3 Å². The Morgan fingerprint density at radius 1 is 1.27 bits per heavy atom. The third-order valence-corrected chi connectivity index (χ3v) is 4.22. The lowest BCUT2D eigenvalue weighted by molar-refractivity contribution is 0.374. The first-order valence-corrected chi connectivity index (χ1v) is 8.41. The molecule has 0 unspecified atom stereocenters. The van der Waals surface area contributed by atoms with Crippen molar-refractivity contribution >= 4 is 17.3 Å². The second kappa shape index (κ2) is 8.53. The van der Waals surface area contributed by atoms with Gasteiger partial charge in [-0.3, -0.25) is 0 Å². The van der Waals surface area contributed by atoms with Gasteiger partial charge in [0, 0.05) is 29.3 Å². The standard InChI is InChI=1S/C15H23N5OS/c1-4-12-6-7-13(22-12)10-18-15(16-5-2)17-9-8-14-19-11(3)20-21-14/h6-7H,4-5,8-10H2,1-3H3,(H2,16,17,18). The van der Waals surface area contributed by atoms with Crippen LogP contribution in [0.4, 0.5) is 0 Å². The Bertz CT molecular complexity index is 605. The molecule has 2 aromatic heterocycles. The van der Waals surface area contributed by atoms with E-state index in [1.54, 1.807) is 0 Å². The van der Waals surface area contributed by atoms with Gasteiger partial charge in [-0.1, -0.05) is 12.1 Å². The zero-order valence-corrected chi connectivity index (χ0v) is 14.2. The summed E-state index contributed by atoms with van der Waals surface area (Å²) in [7, 11) is 0. The van der Waals surface area contributed by atoms with E-state index in [1.807, 2.05) is 18.3 Å². The van der Waals surface area contributed by atoms with Crippen molar-refractivity contribution in [3.63, 3.8) is 0 Å². The van der Waals surface area contributed by atoms with Gasteiger partial charge in [0.1, 0.15) is 0 Å². The average Bonchev–Trinajstić information content (AvgIpc) is 3.13. The molecule has 0 saturated heterocycles. The monoisotopic (exact) mass is 321 g/mol. The molecule has 0 aliphatic heterocycles. The second-order valence-corrected chi connectivity index (χ2v) is 6.08.